The summed E-state index contributed by atoms with van der Waals surface area (Å²) in [5, 5.41) is 24.2. The van der Waals surface area contributed by atoms with Gasteiger partial charge in [-0.1, -0.05) is 17.7 Å². The average molecular weight is 423 g/mol. The minimum Gasteiger partial charge on any atom is -0.495 e. The first kappa shape index (κ1) is 20.4. The molecule has 0 saturated carbocycles. The third kappa shape index (κ3) is 4.34. The van der Waals surface area contributed by atoms with Gasteiger partial charge in [-0.05, 0) is 42.3 Å². The highest BCUT2D eigenvalue weighted by Gasteiger charge is 2.22. The molecule has 7 heteroatoms. The number of β-amino-alcohol motifs (C(OH)–C–C–N with tert-alkyl or cyclic N) is 1. The van der Waals surface area contributed by atoms with Gasteiger partial charge in [0.05, 0.1) is 35.4 Å². The quantitative estimate of drug-likeness (QED) is 0.626. The van der Waals surface area contributed by atoms with Gasteiger partial charge in [-0.3, -0.25) is 9.88 Å². The summed E-state index contributed by atoms with van der Waals surface area (Å²) in [5.41, 5.74) is 4.42. The molecule has 1 atom stereocenters. The van der Waals surface area contributed by atoms with Crippen LogP contribution in [0, 0.1) is 11.3 Å². The molecule has 1 unspecified atom stereocenters. The van der Waals surface area contributed by atoms with Crippen LogP contribution in [0.5, 0.6) is 5.75 Å². The number of benzene rings is 2. The van der Waals surface area contributed by atoms with Gasteiger partial charge in [0.2, 0.25) is 0 Å². The van der Waals surface area contributed by atoms with E-state index in [1.807, 2.05) is 36.5 Å². The van der Waals surface area contributed by atoms with Gasteiger partial charge in [0.25, 0.3) is 0 Å². The van der Waals surface area contributed by atoms with Crippen molar-refractivity contribution in [2.45, 2.75) is 25.6 Å². The lowest BCUT2D eigenvalue weighted by molar-refractivity contribution is 0.175. The van der Waals surface area contributed by atoms with Gasteiger partial charge in [0.1, 0.15) is 5.75 Å². The van der Waals surface area contributed by atoms with Gasteiger partial charge in [-0.2, -0.15) is 5.26 Å². The number of aliphatic hydroxyl groups is 1. The van der Waals surface area contributed by atoms with E-state index in [2.05, 4.69) is 21.3 Å². The Hall–Kier alpha value is -2.85. The molecule has 1 fully saturated rings. The minimum atomic E-state index is -0.276. The van der Waals surface area contributed by atoms with Crippen molar-refractivity contribution in [2.24, 2.45) is 0 Å². The first-order valence-corrected chi connectivity index (χ1v) is 10.2. The number of hydrogen-bond acceptors (Lipinski definition) is 6. The van der Waals surface area contributed by atoms with Crippen molar-refractivity contribution in [3.05, 3.63) is 64.3 Å². The second-order valence-electron chi connectivity index (χ2n) is 7.50. The minimum absolute atomic E-state index is 0.276. The summed E-state index contributed by atoms with van der Waals surface area (Å²) in [6.45, 7) is 2.76. The van der Waals surface area contributed by atoms with Crippen LogP contribution in [-0.2, 0) is 13.1 Å². The Bertz CT molecular complexity index is 1110. The van der Waals surface area contributed by atoms with E-state index < -0.39 is 0 Å². The number of rotatable bonds is 6. The largest absolute Gasteiger partial charge is 0.495 e. The molecule has 1 aromatic heterocycles. The number of nitrogens with zero attached hydrogens (tertiary/aromatic N) is 3. The Morgan fingerprint density at radius 1 is 1.33 bits per heavy atom. The molecule has 0 amide bonds. The topological polar surface area (TPSA) is 81.4 Å². The van der Waals surface area contributed by atoms with E-state index in [0.717, 1.165) is 40.7 Å². The van der Waals surface area contributed by atoms with Gasteiger partial charge in [0, 0.05) is 49.0 Å². The fourth-order valence-electron chi connectivity index (χ4n) is 3.84. The summed E-state index contributed by atoms with van der Waals surface area (Å²) in [4.78, 5) is 6.81. The summed E-state index contributed by atoms with van der Waals surface area (Å²) in [5.74, 6) is 0.640. The average Bonchev–Trinajstić information content (AvgIpc) is 3.17. The smallest absolute Gasteiger partial charge is 0.137 e. The Morgan fingerprint density at radius 2 is 2.20 bits per heavy atom. The molecule has 2 heterocycles. The lowest BCUT2D eigenvalue weighted by atomic mass is 10.1. The molecule has 0 radical (unpaired) electrons. The fraction of sp³-hybridized carbons (Fsp3) is 0.304. The zero-order valence-corrected chi connectivity index (χ0v) is 17.5. The molecule has 1 aliphatic rings. The van der Waals surface area contributed by atoms with E-state index in [9.17, 15) is 10.4 Å². The summed E-state index contributed by atoms with van der Waals surface area (Å²) >= 11 is 6.28. The number of fused-ring (bicyclic) bond motifs is 1. The van der Waals surface area contributed by atoms with Crippen LogP contribution in [-0.4, -0.2) is 41.3 Å². The van der Waals surface area contributed by atoms with Gasteiger partial charge in [-0.15, -0.1) is 0 Å². The number of methoxy groups -OCH3 is 1. The van der Waals surface area contributed by atoms with Gasteiger partial charge in [0.15, 0.2) is 0 Å². The molecule has 0 spiro atoms. The monoisotopic (exact) mass is 422 g/mol. The molecule has 4 rings (SSSR count). The van der Waals surface area contributed by atoms with Crippen LogP contribution in [0.15, 0.2) is 42.6 Å². The SMILES string of the molecule is COc1ccc(CNc2c(CN3CCC(O)C3)cnc3ccc(C#N)cc23)cc1Cl. The number of nitrogens with one attached hydrogen (secondary N) is 1. The van der Waals surface area contributed by atoms with Crippen molar-refractivity contribution in [3.8, 4) is 11.8 Å². The third-order valence-corrected chi connectivity index (χ3v) is 5.70. The summed E-state index contributed by atoms with van der Waals surface area (Å²) in [6.07, 6.45) is 2.39. The standard InChI is InChI=1S/C23H23ClN4O2/c1-30-22-5-3-16(9-20(22)24)11-27-23-17(13-28-7-6-18(29)14-28)12-26-21-4-2-15(10-25)8-19(21)23/h2-5,8-9,12,18,29H,6-7,11,13-14H2,1H3,(H,26,27). The zero-order valence-electron chi connectivity index (χ0n) is 16.7. The number of pyridine rings is 1. The molecule has 1 saturated heterocycles. The molecule has 2 aromatic carbocycles. The van der Waals surface area contributed by atoms with Crippen molar-refractivity contribution in [2.75, 3.05) is 25.5 Å². The van der Waals surface area contributed by atoms with E-state index in [1.54, 1.807) is 13.2 Å². The maximum absolute atomic E-state index is 9.88. The molecule has 154 valence electrons. The number of aliphatic hydroxyl groups excluding tert-OH is 1. The first-order valence-electron chi connectivity index (χ1n) is 9.86. The number of nitriles is 1. The maximum atomic E-state index is 9.88. The number of likely N-dealkylation sites (tertiary alicyclic amines) is 1. The maximum Gasteiger partial charge on any atom is 0.137 e. The number of halogens is 1. The van der Waals surface area contributed by atoms with Gasteiger partial charge in [-0.25, -0.2) is 0 Å². The molecular weight excluding hydrogens is 400 g/mol. The first-order chi connectivity index (χ1) is 14.6. The van der Waals surface area contributed by atoms with Crippen molar-refractivity contribution < 1.29 is 9.84 Å². The summed E-state index contributed by atoms with van der Waals surface area (Å²) in [6, 6.07) is 13.4. The van der Waals surface area contributed by atoms with Gasteiger partial charge < -0.3 is 15.2 Å². The van der Waals surface area contributed by atoms with Crippen molar-refractivity contribution in [1.82, 2.24) is 9.88 Å². The number of ether oxygens (including phenoxy) is 1. The lowest BCUT2D eigenvalue weighted by Gasteiger charge is -2.20. The fourth-order valence-corrected chi connectivity index (χ4v) is 4.12. The number of aromatic nitrogens is 1. The Balaban J connectivity index is 1.67. The molecule has 2 N–H and O–H groups in total. The van der Waals surface area contributed by atoms with Crippen LogP contribution >= 0.6 is 11.6 Å². The number of hydrogen-bond donors (Lipinski definition) is 2. The highest BCUT2D eigenvalue weighted by atomic mass is 35.5. The van der Waals surface area contributed by atoms with Crippen LogP contribution in [0.3, 0.4) is 0 Å². The van der Waals surface area contributed by atoms with Gasteiger partial charge >= 0.3 is 0 Å². The molecule has 6 nitrogen and oxygen atoms in total. The van der Waals surface area contributed by atoms with Crippen molar-refractivity contribution >= 4 is 28.2 Å². The highest BCUT2D eigenvalue weighted by molar-refractivity contribution is 6.32. The zero-order chi connectivity index (χ0) is 21.1. The Labute approximate surface area is 180 Å². The van der Waals surface area contributed by atoms with E-state index in [0.29, 0.717) is 36.0 Å². The van der Waals surface area contributed by atoms with Crippen LogP contribution in [0.2, 0.25) is 5.02 Å². The van der Waals surface area contributed by atoms with E-state index in [1.165, 1.54) is 0 Å². The predicted octanol–water partition coefficient (Wildman–Crippen LogP) is 3.95. The highest BCUT2D eigenvalue weighted by Crippen LogP contribution is 2.30. The molecule has 0 bridgehead atoms. The normalized spacial score (nSPS) is 16.5. The van der Waals surface area contributed by atoms with Crippen molar-refractivity contribution in [3.63, 3.8) is 0 Å². The number of anilines is 1. The molecule has 3 aromatic rings. The predicted molar refractivity (Wildman–Crippen MR) is 118 cm³/mol. The summed E-state index contributed by atoms with van der Waals surface area (Å²) < 4.78 is 5.23. The molecule has 30 heavy (non-hydrogen) atoms. The van der Waals surface area contributed by atoms with E-state index in [4.69, 9.17) is 16.3 Å². The van der Waals surface area contributed by atoms with Crippen LogP contribution in [0.25, 0.3) is 10.9 Å². The second kappa shape index (κ2) is 8.88. The Morgan fingerprint density at radius 3 is 2.90 bits per heavy atom. The van der Waals surface area contributed by atoms with Crippen LogP contribution < -0.4 is 10.1 Å². The second-order valence-corrected chi connectivity index (χ2v) is 7.91. The molecule has 0 aliphatic carbocycles. The van der Waals surface area contributed by atoms with Crippen LogP contribution in [0.4, 0.5) is 5.69 Å². The lowest BCUT2D eigenvalue weighted by Crippen LogP contribution is -2.22. The van der Waals surface area contributed by atoms with Crippen molar-refractivity contribution in [1.29, 1.82) is 5.26 Å². The molecule has 1 aliphatic heterocycles. The summed E-state index contributed by atoms with van der Waals surface area (Å²) in [7, 11) is 1.59. The Kier molecular flexibility index (Phi) is 6.05. The molecular formula is C23H23ClN4O2. The third-order valence-electron chi connectivity index (χ3n) is 5.40. The van der Waals surface area contributed by atoms with Crippen LogP contribution in [0.1, 0.15) is 23.1 Å². The van der Waals surface area contributed by atoms with E-state index in [-0.39, 0.29) is 6.10 Å². The van der Waals surface area contributed by atoms with E-state index >= 15 is 0 Å².